The van der Waals surface area contributed by atoms with Gasteiger partial charge in [0.15, 0.2) is 0 Å². The van der Waals surface area contributed by atoms with Gasteiger partial charge in [0.2, 0.25) is 5.91 Å². The zero-order valence-electron chi connectivity index (χ0n) is 18.8. The lowest BCUT2D eigenvalue weighted by atomic mass is 10.1. The van der Waals surface area contributed by atoms with Crippen molar-refractivity contribution < 1.29 is 9.59 Å². The van der Waals surface area contributed by atoms with E-state index in [0.717, 1.165) is 16.7 Å². The van der Waals surface area contributed by atoms with E-state index < -0.39 is 0 Å². The van der Waals surface area contributed by atoms with Crippen LogP contribution in [0.15, 0.2) is 97.3 Å². The number of nitrogens with one attached hydrogen (secondary N) is 1. The molecule has 1 heterocycles. The Morgan fingerprint density at radius 1 is 0.829 bits per heavy atom. The van der Waals surface area contributed by atoms with Gasteiger partial charge in [0, 0.05) is 29.6 Å². The van der Waals surface area contributed by atoms with Crippen molar-refractivity contribution in [1.82, 2.24) is 10.3 Å². The maximum atomic E-state index is 13.5. The number of amides is 2. The molecule has 0 aliphatic rings. The van der Waals surface area contributed by atoms with E-state index in [2.05, 4.69) is 10.3 Å². The smallest absolute Gasteiger partial charge is 0.260 e. The van der Waals surface area contributed by atoms with Gasteiger partial charge in [0.25, 0.3) is 5.91 Å². The van der Waals surface area contributed by atoms with Crippen LogP contribution in [0.4, 0.5) is 5.69 Å². The van der Waals surface area contributed by atoms with Gasteiger partial charge < -0.3 is 10.2 Å². The Hall–Kier alpha value is -3.67. The molecule has 4 rings (SSSR count). The molecular formula is C28H23Cl2N3O2. The second-order valence-electron chi connectivity index (χ2n) is 7.98. The molecule has 0 saturated carbocycles. The first-order valence-corrected chi connectivity index (χ1v) is 11.8. The third kappa shape index (κ3) is 6.69. The molecule has 0 atom stereocenters. The molecule has 0 saturated heterocycles. The number of hydrogen-bond acceptors (Lipinski definition) is 3. The summed E-state index contributed by atoms with van der Waals surface area (Å²) >= 11 is 12.4. The Morgan fingerprint density at radius 3 is 2.26 bits per heavy atom. The SMILES string of the molecule is O=C(Cc1ccc(N(Cc2ccccc2)C(=O)c2ccc(Cl)cc2Cl)cc1)NCc1cccnc1. The van der Waals surface area contributed by atoms with Crippen LogP contribution in [-0.2, 0) is 24.3 Å². The summed E-state index contributed by atoms with van der Waals surface area (Å²) < 4.78 is 0. The Morgan fingerprint density at radius 2 is 1.57 bits per heavy atom. The number of rotatable bonds is 8. The highest BCUT2D eigenvalue weighted by atomic mass is 35.5. The van der Waals surface area contributed by atoms with E-state index in [0.29, 0.717) is 34.4 Å². The number of anilines is 1. The van der Waals surface area contributed by atoms with E-state index in [1.807, 2.05) is 66.7 Å². The molecule has 1 N–H and O–H groups in total. The summed E-state index contributed by atoms with van der Waals surface area (Å²) in [4.78, 5) is 31.6. The van der Waals surface area contributed by atoms with E-state index in [9.17, 15) is 9.59 Å². The number of halogens is 2. The molecule has 5 nitrogen and oxygen atoms in total. The molecule has 0 spiro atoms. The summed E-state index contributed by atoms with van der Waals surface area (Å²) in [6.07, 6.45) is 3.65. The molecule has 0 fully saturated rings. The van der Waals surface area contributed by atoms with Crippen molar-refractivity contribution in [2.75, 3.05) is 4.90 Å². The topological polar surface area (TPSA) is 62.3 Å². The maximum absolute atomic E-state index is 13.5. The minimum absolute atomic E-state index is 0.0910. The maximum Gasteiger partial charge on any atom is 0.260 e. The van der Waals surface area contributed by atoms with Crippen LogP contribution in [0.25, 0.3) is 0 Å². The van der Waals surface area contributed by atoms with Gasteiger partial charge in [0.05, 0.1) is 23.6 Å². The van der Waals surface area contributed by atoms with Crippen molar-refractivity contribution in [1.29, 1.82) is 0 Å². The number of benzene rings is 3. The first-order valence-electron chi connectivity index (χ1n) is 11.0. The predicted octanol–water partition coefficient (Wildman–Crippen LogP) is 6.09. The number of nitrogens with zero attached hydrogens (tertiary/aromatic N) is 2. The molecule has 0 aliphatic heterocycles. The van der Waals surface area contributed by atoms with E-state index in [1.54, 1.807) is 35.5 Å². The van der Waals surface area contributed by atoms with Crippen molar-refractivity contribution in [2.24, 2.45) is 0 Å². The first-order chi connectivity index (χ1) is 17.0. The molecule has 35 heavy (non-hydrogen) atoms. The summed E-state index contributed by atoms with van der Waals surface area (Å²) in [5, 5.41) is 3.66. The van der Waals surface area contributed by atoms with E-state index in [1.165, 1.54) is 0 Å². The first kappa shape index (κ1) is 24.5. The molecule has 1 aromatic heterocycles. The summed E-state index contributed by atoms with van der Waals surface area (Å²) in [5.74, 6) is -0.329. The van der Waals surface area contributed by atoms with Crippen LogP contribution in [0, 0.1) is 0 Å². The highest BCUT2D eigenvalue weighted by Gasteiger charge is 2.21. The Labute approximate surface area is 214 Å². The summed E-state index contributed by atoms with van der Waals surface area (Å²) in [6, 6.07) is 25.7. The predicted molar refractivity (Wildman–Crippen MR) is 140 cm³/mol. The second kappa shape index (κ2) is 11.6. The van der Waals surface area contributed by atoms with Crippen LogP contribution in [0.1, 0.15) is 27.0 Å². The molecule has 4 aromatic rings. The fraction of sp³-hybridized carbons (Fsp3) is 0.107. The second-order valence-corrected chi connectivity index (χ2v) is 8.83. The Balaban J connectivity index is 1.51. The minimum Gasteiger partial charge on any atom is -0.352 e. The van der Waals surface area contributed by atoms with Crippen LogP contribution in [0.2, 0.25) is 10.0 Å². The van der Waals surface area contributed by atoms with Gasteiger partial charge in [-0.05, 0) is 53.1 Å². The number of carbonyl (C=O) groups is 2. The van der Waals surface area contributed by atoms with E-state index in [-0.39, 0.29) is 18.2 Å². The lowest BCUT2D eigenvalue weighted by Gasteiger charge is -2.24. The molecular weight excluding hydrogens is 481 g/mol. The van der Waals surface area contributed by atoms with Gasteiger partial charge in [-0.3, -0.25) is 14.6 Å². The highest BCUT2D eigenvalue weighted by Crippen LogP contribution is 2.26. The number of hydrogen-bond donors (Lipinski definition) is 1. The van der Waals surface area contributed by atoms with Gasteiger partial charge in [0.1, 0.15) is 0 Å². The lowest BCUT2D eigenvalue weighted by molar-refractivity contribution is -0.120. The number of aromatic nitrogens is 1. The third-order valence-corrected chi connectivity index (χ3v) is 5.96. The molecule has 0 aliphatic carbocycles. The molecule has 2 amide bonds. The lowest BCUT2D eigenvalue weighted by Crippen LogP contribution is -2.30. The van der Waals surface area contributed by atoms with Crippen molar-refractivity contribution in [3.05, 3.63) is 130 Å². The highest BCUT2D eigenvalue weighted by molar-refractivity contribution is 6.37. The van der Waals surface area contributed by atoms with Gasteiger partial charge in [-0.2, -0.15) is 0 Å². The molecule has 3 aromatic carbocycles. The monoisotopic (exact) mass is 503 g/mol. The fourth-order valence-electron chi connectivity index (χ4n) is 3.60. The van der Waals surface area contributed by atoms with Crippen LogP contribution in [0.3, 0.4) is 0 Å². The molecule has 7 heteroatoms. The summed E-state index contributed by atoms with van der Waals surface area (Å²) in [7, 11) is 0. The molecule has 176 valence electrons. The van der Waals surface area contributed by atoms with Gasteiger partial charge in [-0.25, -0.2) is 0 Å². The minimum atomic E-state index is -0.238. The fourth-order valence-corrected chi connectivity index (χ4v) is 4.09. The quantitative estimate of drug-likeness (QED) is 0.316. The van der Waals surface area contributed by atoms with E-state index in [4.69, 9.17) is 23.2 Å². The molecule has 0 radical (unpaired) electrons. The Kier molecular flexibility index (Phi) is 8.14. The number of carbonyl (C=O) groups excluding carboxylic acids is 2. The zero-order chi connectivity index (χ0) is 24.6. The zero-order valence-corrected chi connectivity index (χ0v) is 20.3. The largest absolute Gasteiger partial charge is 0.352 e. The standard InChI is InChI=1S/C28H23Cl2N3O2/c29-23-10-13-25(26(30)16-23)28(35)33(19-21-5-2-1-3-6-21)24-11-8-20(9-12-24)15-27(34)32-18-22-7-4-14-31-17-22/h1-14,16-17H,15,18-19H2,(H,32,34). The Bertz CT molecular complexity index is 1300. The van der Waals surface area contributed by atoms with Crippen molar-refractivity contribution in [2.45, 2.75) is 19.5 Å². The van der Waals surface area contributed by atoms with Crippen LogP contribution < -0.4 is 10.2 Å². The summed E-state index contributed by atoms with van der Waals surface area (Å²) in [5.41, 5.74) is 3.82. The number of pyridine rings is 1. The molecule has 0 unspecified atom stereocenters. The average molecular weight is 504 g/mol. The summed E-state index contributed by atoms with van der Waals surface area (Å²) in [6.45, 7) is 0.787. The van der Waals surface area contributed by atoms with Gasteiger partial charge in [-0.1, -0.05) is 71.7 Å². The van der Waals surface area contributed by atoms with Crippen LogP contribution in [-0.4, -0.2) is 16.8 Å². The van der Waals surface area contributed by atoms with Gasteiger partial charge >= 0.3 is 0 Å². The van der Waals surface area contributed by atoms with Gasteiger partial charge in [-0.15, -0.1) is 0 Å². The van der Waals surface area contributed by atoms with Crippen LogP contribution in [0.5, 0.6) is 0 Å². The molecule has 0 bridgehead atoms. The van der Waals surface area contributed by atoms with Crippen molar-refractivity contribution in [3.8, 4) is 0 Å². The van der Waals surface area contributed by atoms with Crippen LogP contribution >= 0.6 is 23.2 Å². The van der Waals surface area contributed by atoms with E-state index >= 15 is 0 Å². The van der Waals surface area contributed by atoms with Crippen molar-refractivity contribution >= 4 is 40.7 Å². The van der Waals surface area contributed by atoms with Crippen molar-refractivity contribution in [3.63, 3.8) is 0 Å². The normalized spacial score (nSPS) is 10.6. The average Bonchev–Trinajstić information content (AvgIpc) is 2.87. The third-order valence-electron chi connectivity index (χ3n) is 5.42.